The van der Waals surface area contributed by atoms with Crippen molar-refractivity contribution in [3.8, 4) is 17.2 Å². The van der Waals surface area contributed by atoms with Gasteiger partial charge in [-0.1, -0.05) is 0 Å². The molecule has 1 aliphatic heterocycles. The fourth-order valence-corrected chi connectivity index (χ4v) is 3.30. The zero-order valence-electron chi connectivity index (χ0n) is 16.4. The van der Waals surface area contributed by atoms with Gasteiger partial charge in [-0.25, -0.2) is 4.79 Å². The molecule has 0 unspecified atom stereocenters. The second kappa shape index (κ2) is 7.90. The zero-order valence-corrected chi connectivity index (χ0v) is 16.4. The van der Waals surface area contributed by atoms with Crippen LogP contribution in [0.4, 0.5) is 5.69 Å². The van der Waals surface area contributed by atoms with E-state index in [1.165, 1.54) is 13.0 Å². The highest BCUT2D eigenvalue weighted by Crippen LogP contribution is 2.32. The summed E-state index contributed by atoms with van der Waals surface area (Å²) in [6.45, 7) is 3.96. The van der Waals surface area contributed by atoms with Crippen LogP contribution in [0.2, 0.25) is 0 Å². The Morgan fingerprint density at radius 3 is 2.60 bits per heavy atom. The molecule has 0 saturated carbocycles. The Bertz CT molecular complexity index is 1210. The summed E-state index contributed by atoms with van der Waals surface area (Å²) in [5.41, 5.74) is 1.10. The number of hydrogen-bond donors (Lipinski definition) is 1. The Kier molecular flexibility index (Phi) is 5.14. The fourth-order valence-electron chi connectivity index (χ4n) is 3.30. The summed E-state index contributed by atoms with van der Waals surface area (Å²) >= 11 is 0. The van der Waals surface area contributed by atoms with E-state index in [9.17, 15) is 14.4 Å². The van der Waals surface area contributed by atoms with E-state index in [-0.39, 0.29) is 29.2 Å². The first-order valence-corrected chi connectivity index (χ1v) is 9.35. The quantitative estimate of drug-likeness (QED) is 0.401. The van der Waals surface area contributed by atoms with Crippen molar-refractivity contribution in [2.75, 3.05) is 18.5 Å². The van der Waals surface area contributed by atoms with Gasteiger partial charge in [0.15, 0.2) is 11.5 Å². The van der Waals surface area contributed by atoms with Crippen LogP contribution >= 0.6 is 0 Å². The third-order valence-electron chi connectivity index (χ3n) is 4.68. The molecule has 4 rings (SSSR count). The number of esters is 1. The second-order valence-electron chi connectivity index (χ2n) is 6.83. The highest BCUT2D eigenvalue weighted by atomic mass is 16.6. The van der Waals surface area contributed by atoms with Crippen molar-refractivity contribution >= 4 is 28.5 Å². The van der Waals surface area contributed by atoms with Gasteiger partial charge in [0.05, 0.1) is 12.0 Å². The van der Waals surface area contributed by atoms with Gasteiger partial charge in [-0.15, -0.1) is 0 Å². The molecule has 0 spiro atoms. The molecule has 0 fully saturated rings. The van der Waals surface area contributed by atoms with Crippen molar-refractivity contribution in [3.05, 3.63) is 57.9 Å². The number of hydrogen-bond acceptors (Lipinski definition) is 7. The van der Waals surface area contributed by atoms with Gasteiger partial charge in [-0.2, -0.15) is 0 Å². The summed E-state index contributed by atoms with van der Waals surface area (Å²) in [7, 11) is 0. The maximum atomic E-state index is 12.5. The number of carbonyl (C=O) groups is 2. The number of nitrogens with one attached hydrogen (secondary N) is 1. The lowest BCUT2D eigenvalue weighted by molar-refractivity contribution is -0.131. The Morgan fingerprint density at radius 2 is 1.83 bits per heavy atom. The first kappa shape index (κ1) is 19.5. The van der Waals surface area contributed by atoms with Gasteiger partial charge in [-0.05, 0) is 36.8 Å². The van der Waals surface area contributed by atoms with Crippen LogP contribution in [0.3, 0.4) is 0 Å². The minimum absolute atomic E-state index is 0.149. The van der Waals surface area contributed by atoms with E-state index in [2.05, 4.69) is 5.32 Å². The van der Waals surface area contributed by atoms with E-state index in [1.54, 1.807) is 37.3 Å². The van der Waals surface area contributed by atoms with Crippen molar-refractivity contribution in [2.24, 2.45) is 0 Å². The molecule has 3 aromatic rings. The second-order valence-corrected chi connectivity index (χ2v) is 6.83. The monoisotopic (exact) mass is 409 g/mol. The van der Waals surface area contributed by atoms with Gasteiger partial charge >= 0.3 is 11.6 Å². The van der Waals surface area contributed by atoms with Crippen molar-refractivity contribution in [1.29, 1.82) is 0 Å². The average molecular weight is 409 g/mol. The fraction of sp³-hybridized carbons (Fsp3) is 0.227. The largest absolute Gasteiger partial charge is 0.486 e. The smallest absolute Gasteiger partial charge is 0.340 e. The molecule has 154 valence electrons. The summed E-state index contributed by atoms with van der Waals surface area (Å²) < 4.78 is 21.3. The first-order valence-electron chi connectivity index (χ1n) is 9.35. The summed E-state index contributed by atoms with van der Waals surface area (Å²) in [4.78, 5) is 36.1. The van der Waals surface area contributed by atoms with Crippen LogP contribution in [-0.4, -0.2) is 25.1 Å². The normalized spacial score (nSPS) is 12.5. The molecule has 0 saturated heterocycles. The number of amides is 1. The van der Waals surface area contributed by atoms with Crippen molar-refractivity contribution in [2.45, 2.75) is 20.3 Å². The number of fused-ring (bicyclic) bond motifs is 2. The predicted octanol–water partition coefficient (Wildman–Crippen LogP) is 2.98. The molecule has 1 N–H and O–H groups in total. The van der Waals surface area contributed by atoms with E-state index in [0.717, 1.165) is 0 Å². The van der Waals surface area contributed by atoms with Crippen LogP contribution in [0.1, 0.15) is 18.1 Å². The minimum atomic E-state index is -0.614. The predicted molar refractivity (Wildman–Crippen MR) is 108 cm³/mol. The van der Waals surface area contributed by atoms with Crippen molar-refractivity contribution in [1.82, 2.24) is 0 Å². The van der Waals surface area contributed by atoms with E-state index in [0.29, 0.717) is 41.3 Å². The molecular weight excluding hydrogens is 390 g/mol. The summed E-state index contributed by atoms with van der Waals surface area (Å²) in [5, 5.41) is 3.42. The molecule has 8 heteroatoms. The number of anilines is 1. The number of aryl methyl sites for hydroxylation is 1. The molecule has 1 amide bonds. The first-order chi connectivity index (χ1) is 14.4. The van der Waals surface area contributed by atoms with Crippen molar-refractivity contribution < 1.29 is 28.2 Å². The molecular formula is C22H19NO7. The van der Waals surface area contributed by atoms with E-state index < -0.39 is 11.6 Å². The number of ether oxygens (including phenoxy) is 3. The SMILES string of the molecule is CC(=O)Oc1ccc2c(C)c(CC(=O)Nc3ccc4c(c3)OCCO4)c(=O)oc2c1. The van der Waals surface area contributed by atoms with Gasteiger partial charge in [0.25, 0.3) is 0 Å². The zero-order chi connectivity index (χ0) is 21.3. The third-order valence-corrected chi connectivity index (χ3v) is 4.68. The Labute approximate surface area is 171 Å². The van der Waals surface area contributed by atoms with Crippen LogP contribution in [-0.2, 0) is 16.0 Å². The van der Waals surface area contributed by atoms with Gasteiger partial charge in [-0.3, -0.25) is 9.59 Å². The third kappa shape index (κ3) is 3.98. The number of rotatable bonds is 4. The summed E-state index contributed by atoms with van der Waals surface area (Å²) in [5.74, 6) is 0.628. The lowest BCUT2D eigenvalue weighted by atomic mass is 10.0. The molecule has 8 nitrogen and oxygen atoms in total. The van der Waals surface area contributed by atoms with Crippen LogP contribution in [0.5, 0.6) is 17.2 Å². The van der Waals surface area contributed by atoms with Gasteiger partial charge in [0, 0.05) is 30.1 Å². The molecule has 2 heterocycles. The number of benzene rings is 2. The maximum absolute atomic E-state index is 12.5. The molecule has 0 atom stereocenters. The highest BCUT2D eigenvalue weighted by molar-refractivity contribution is 5.93. The maximum Gasteiger partial charge on any atom is 0.340 e. The lowest BCUT2D eigenvalue weighted by Gasteiger charge is -2.19. The van der Waals surface area contributed by atoms with Crippen LogP contribution < -0.4 is 25.2 Å². The van der Waals surface area contributed by atoms with Crippen LogP contribution in [0.25, 0.3) is 11.0 Å². The minimum Gasteiger partial charge on any atom is -0.486 e. The molecule has 30 heavy (non-hydrogen) atoms. The van der Waals surface area contributed by atoms with Crippen molar-refractivity contribution in [3.63, 3.8) is 0 Å². The molecule has 0 aliphatic carbocycles. The Morgan fingerprint density at radius 1 is 1.07 bits per heavy atom. The van der Waals surface area contributed by atoms with Gasteiger partial charge in [0.1, 0.15) is 24.5 Å². The molecule has 0 radical (unpaired) electrons. The molecule has 2 aromatic carbocycles. The van der Waals surface area contributed by atoms with E-state index >= 15 is 0 Å². The van der Waals surface area contributed by atoms with Crippen LogP contribution in [0, 0.1) is 6.92 Å². The average Bonchev–Trinajstić information content (AvgIpc) is 2.70. The van der Waals surface area contributed by atoms with Crippen LogP contribution in [0.15, 0.2) is 45.6 Å². The molecule has 1 aromatic heterocycles. The van der Waals surface area contributed by atoms with E-state index in [1.807, 2.05) is 0 Å². The molecule has 0 bridgehead atoms. The van der Waals surface area contributed by atoms with Gasteiger partial charge in [0.2, 0.25) is 5.91 Å². The highest BCUT2D eigenvalue weighted by Gasteiger charge is 2.17. The van der Waals surface area contributed by atoms with E-state index in [4.69, 9.17) is 18.6 Å². The lowest BCUT2D eigenvalue weighted by Crippen LogP contribution is -2.21. The number of carbonyl (C=O) groups excluding carboxylic acids is 2. The topological polar surface area (TPSA) is 104 Å². The molecule has 1 aliphatic rings. The summed E-state index contributed by atoms with van der Waals surface area (Å²) in [6, 6.07) is 9.88. The summed E-state index contributed by atoms with van der Waals surface area (Å²) in [6.07, 6.45) is -0.149. The Hall–Kier alpha value is -3.81. The van der Waals surface area contributed by atoms with Gasteiger partial charge < -0.3 is 23.9 Å². The standard InChI is InChI=1S/C22H19NO7/c1-12-16-5-4-15(29-13(2)24)10-19(16)30-22(26)17(12)11-21(25)23-14-3-6-18-20(9-14)28-8-7-27-18/h3-6,9-10H,7-8,11H2,1-2H3,(H,23,25). The Balaban J connectivity index is 1.56.